The zero-order chi connectivity index (χ0) is 14.5. The first-order valence-electron chi connectivity index (χ1n) is 7.69. The summed E-state index contributed by atoms with van der Waals surface area (Å²) in [4.78, 5) is 0. The Bertz CT molecular complexity index is 667. The SMILES string of the molecule is CC1(COc2cc3nncn3cc2Br)CCC2(CC1)CC2. The fraction of sp³-hybridized carbons (Fsp3) is 0.625. The Morgan fingerprint density at radius 1 is 1.24 bits per heavy atom. The molecular weight excluding hydrogens is 330 g/mol. The van der Waals surface area contributed by atoms with Crippen LogP contribution in [0.2, 0.25) is 0 Å². The molecule has 0 aliphatic heterocycles. The van der Waals surface area contributed by atoms with E-state index in [0.29, 0.717) is 5.41 Å². The van der Waals surface area contributed by atoms with E-state index in [4.69, 9.17) is 4.74 Å². The molecule has 0 saturated heterocycles. The van der Waals surface area contributed by atoms with Gasteiger partial charge in [0.05, 0.1) is 11.1 Å². The van der Waals surface area contributed by atoms with Gasteiger partial charge in [0, 0.05) is 17.7 Å². The van der Waals surface area contributed by atoms with Crippen molar-refractivity contribution in [3.63, 3.8) is 0 Å². The van der Waals surface area contributed by atoms with Crippen LogP contribution in [0.5, 0.6) is 5.75 Å². The van der Waals surface area contributed by atoms with E-state index in [0.717, 1.165) is 27.9 Å². The minimum absolute atomic E-state index is 0.313. The van der Waals surface area contributed by atoms with Crippen LogP contribution in [0.25, 0.3) is 5.65 Å². The topological polar surface area (TPSA) is 39.4 Å². The number of halogens is 1. The van der Waals surface area contributed by atoms with Gasteiger partial charge in [-0.1, -0.05) is 6.92 Å². The molecular formula is C16H20BrN3O. The Hall–Kier alpha value is -1.10. The molecule has 2 fully saturated rings. The van der Waals surface area contributed by atoms with Crippen molar-refractivity contribution in [2.45, 2.75) is 45.4 Å². The summed E-state index contributed by atoms with van der Waals surface area (Å²) in [5.41, 5.74) is 1.87. The van der Waals surface area contributed by atoms with Crippen molar-refractivity contribution < 1.29 is 4.74 Å². The number of pyridine rings is 1. The van der Waals surface area contributed by atoms with Crippen molar-refractivity contribution >= 4 is 21.6 Å². The second-order valence-corrected chi connectivity index (χ2v) is 8.04. The highest BCUT2D eigenvalue weighted by molar-refractivity contribution is 9.10. The summed E-state index contributed by atoms with van der Waals surface area (Å²) in [6, 6.07) is 1.95. The lowest BCUT2D eigenvalue weighted by Crippen LogP contribution is -2.31. The maximum absolute atomic E-state index is 6.12. The molecule has 0 N–H and O–H groups in total. The Kier molecular flexibility index (Phi) is 3.03. The summed E-state index contributed by atoms with van der Waals surface area (Å²) in [7, 11) is 0. The van der Waals surface area contributed by atoms with Crippen molar-refractivity contribution in [2.24, 2.45) is 10.8 Å². The molecule has 0 aromatic carbocycles. The van der Waals surface area contributed by atoms with E-state index in [1.807, 2.05) is 16.7 Å². The molecule has 0 amide bonds. The number of hydrogen-bond acceptors (Lipinski definition) is 3. The van der Waals surface area contributed by atoms with E-state index in [-0.39, 0.29) is 0 Å². The third-order valence-electron chi connectivity index (χ3n) is 5.40. The van der Waals surface area contributed by atoms with E-state index >= 15 is 0 Å². The van der Waals surface area contributed by atoms with E-state index < -0.39 is 0 Å². The molecule has 0 unspecified atom stereocenters. The van der Waals surface area contributed by atoms with Gasteiger partial charge < -0.3 is 4.74 Å². The van der Waals surface area contributed by atoms with Crippen molar-refractivity contribution in [3.05, 3.63) is 23.1 Å². The van der Waals surface area contributed by atoms with Crippen LogP contribution < -0.4 is 4.74 Å². The van der Waals surface area contributed by atoms with Crippen LogP contribution in [0.3, 0.4) is 0 Å². The fourth-order valence-corrected chi connectivity index (χ4v) is 3.84. The van der Waals surface area contributed by atoms with E-state index in [2.05, 4.69) is 33.1 Å². The molecule has 2 heterocycles. The quantitative estimate of drug-likeness (QED) is 0.832. The summed E-state index contributed by atoms with van der Waals surface area (Å²) >= 11 is 3.57. The van der Waals surface area contributed by atoms with Gasteiger partial charge in [-0.25, -0.2) is 0 Å². The summed E-state index contributed by atoms with van der Waals surface area (Å²) in [6.45, 7) is 3.15. The maximum Gasteiger partial charge on any atom is 0.164 e. The number of fused-ring (bicyclic) bond motifs is 1. The lowest BCUT2D eigenvalue weighted by molar-refractivity contribution is 0.0873. The highest BCUT2D eigenvalue weighted by atomic mass is 79.9. The molecule has 4 nitrogen and oxygen atoms in total. The number of nitrogens with zero attached hydrogens (tertiary/aromatic N) is 3. The highest BCUT2D eigenvalue weighted by Gasteiger charge is 2.47. The molecule has 2 aromatic rings. The molecule has 2 saturated carbocycles. The second kappa shape index (κ2) is 4.70. The average Bonchev–Trinajstić information content (AvgIpc) is 3.09. The number of rotatable bonds is 3. The van der Waals surface area contributed by atoms with E-state index in [1.165, 1.54) is 38.5 Å². The minimum atomic E-state index is 0.313. The number of aromatic nitrogens is 3. The third kappa shape index (κ3) is 2.56. The number of ether oxygens (including phenoxy) is 1. The Balaban J connectivity index is 1.46. The van der Waals surface area contributed by atoms with E-state index in [9.17, 15) is 0 Å². The van der Waals surface area contributed by atoms with Crippen molar-refractivity contribution in [1.82, 2.24) is 14.6 Å². The zero-order valence-corrected chi connectivity index (χ0v) is 13.9. The van der Waals surface area contributed by atoms with Crippen LogP contribution in [0.1, 0.15) is 45.4 Å². The van der Waals surface area contributed by atoms with Crippen LogP contribution in [0.4, 0.5) is 0 Å². The minimum Gasteiger partial charge on any atom is -0.492 e. The summed E-state index contributed by atoms with van der Waals surface area (Å²) < 4.78 is 8.95. The molecule has 0 bridgehead atoms. The van der Waals surface area contributed by atoms with Gasteiger partial charge in [-0.05, 0) is 59.9 Å². The van der Waals surface area contributed by atoms with Gasteiger partial charge in [0.2, 0.25) is 0 Å². The van der Waals surface area contributed by atoms with Gasteiger partial charge in [0.15, 0.2) is 5.65 Å². The van der Waals surface area contributed by atoms with Crippen LogP contribution in [-0.2, 0) is 0 Å². The Morgan fingerprint density at radius 3 is 2.67 bits per heavy atom. The molecule has 1 spiro atoms. The third-order valence-corrected chi connectivity index (χ3v) is 6.00. The van der Waals surface area contributed by atoms with Gasteiger partial charge in [-0.2, -0.15) is 0 Å². The van der Waals surface area contributed by atoms with Crippen molar-refractivity contribution in [2.75, 3.05) is 6.61 Å². The van der Waals surface area contributed by atoms with Crippen LogP contribution in [0.15, 0.2) is 23.1 Å². The number of hydrogen-bond donors (Lipinski definition) is 0. The van der Waals surface area contributed by atoms with Crippen LogP contribution >= 0.6 is 15.9 Å². The predicted molar refractivity (Wildman–Crippen MR) is 84.4 cm³/mol. The van der Waals surface area contributed by atoms with Gasteiger partial charge in [0.25, 0.3) is 0 Å². The molecule has 2 aliphatic carbocycles. The largest absolute Gasteiger partial charge is 0.492 e. The monoisotopic (exact) mass is 349 g/mol. The fourth-order valence-electron chi connectivity index (χ4n) is 3.39. The maximum atomic E-state index is 6.12. The standard InChI is InChI=1S/C16H20BrN3O/c1-15(2-4-16(5-3-15)6-7-16)10-21-13-8-14-19-18-11-20(14)9-12(13)17/h8-9,11H,2-7,10H2,1H3. The van der Waals surface area contributed by atoms with Gasteiger partial charge in [-0.3, -0.25) is 4.40 Å². The molecule has 0 radical (unpaired) electrons. The predicted octanol–water partition coefficient (Wildman–Crippen LogP) is 4.23. The zero-order valence-electron chi connectivity index (χ0n) is 12.3. The van der Waals surface area contributed by atoms with E-state index in [1.54, 1.807) is 6.33 Å². The van der Waals surface area contributed by atoms with Gasteiger partial charge >= 0.3 is 0 Å². The molecule has 2 aliphatic rings. The molecule has 2 aromatic heterocycles. The van der Waals surface area contributed by atoms with Gasteiger partial charge in [0.1, 0.15) is 12.1 Å². The normalized spacial score (nSPS) is 22.6. The lowest BCUT2D eigenvalue weighted by Gasteiger charge is -2.37. The molecule has 21 heavy (non-hydrogen) atoms. The molecule has 112 valence electrons. The Morgan fingerprint density at radius 2 is 1.95 bits per heavy atom. The highest BCUT2D eigenvalue weighted by Crippen LogP contribution is 2.59. The molecule has 5 heteroatoms. The van der Waals surface area contributed by atoms with Crippen molar-refractivity contribution in [1.29, 1.82) is 0 Å². The smallest absolute Gasteiger partial charge is 0.164 e. The first kappa shape index (κ1) is 13.6. The average molecular weight is 350 g/mol. The molecule has 4 rings (SSSR count). The lowest BCUT2D eigenvalue weighted by atomic mass is 9.71. The summed E-state index contributed by atoms with van der Waals surface area (Å²) in [5.74, 6) is 0.864. The van der Waals surface area contributed by atoms with Gasteiger partial charge in [-0.15, -0.1) is 10.2 Å². The summed E-state index contributed by atoms with van der Waals surface area (Å²) in [5, 5.41) is 7.98. The molecule has 0 atom stereocenters. The van der Waals surface area contributed by atoms with Crippen molar-refractivity contribution in [3.8, 4) is 5.75 Å². The summed E-state index contributed by atoms with van der Waals surface area (Å²) in [6.07, 6.45) is 11.9. The first-order chi connectivity index (χ1) is 10.1. The van der Waals surface area contributed by atoms with Crippen LogP contribution in [-0.4, -0.2) is 21.2 Å². The first-order valence-corrected chi connectivity index (χ1v) is 8.49. The Labute approximate surface area is 133 Å². The second-order valence-electron chi connectivity index (χ2n) is 7.18. The van der Waals surface area contributed by atoms with Crippen LogP contribution in [0, 0.1) is 10.8 Å².